The molecular formula is C21H24N6O2. The lowest BCUT2D eigenvalue weighted by Crippen LogP contribution is -2.18. The second kappa shape index (κ2) is 8.72. The van der Waals surface area contributed by atoms with Gasteiger partial charge in [-0.05, 0) is 65.2 Å². The quantitative estimate of drug-likeness (QED) is 0.665. The van der Waals surface area contributed by atoms with Crippen molar-refractivity contribution in [2.24, 2.45) is 7.05 Å². The fraction of sp³-hybridized carbons (Fsp3) is 0.333. The number of aryl methyl sites for hydroxylation is 1. The van der Waals surface area contributed by atoms with Crippen molar-refractivity contribution in [3.05, 3.63) is 59.9 Å². The van der Waals surface area contributed by atoms with Gasteiger partial charge in [-0.25, -0.2) is 4.68 Å². The fourth-order valence-corrected chi connectivity index (χ4v) is 3.34. The number of carbonyl (C=O) groups excluding carboxylic acids is 1. The third-order valence-electron chi connectivity index (χ3n) is 4.99. The highest BCUT2D eigenvalue weighted by molar-refractivity contribution is 5.92. The van der Waals surface area contributed by atoms with Gasteiger partial charge >= 0.3 is 0 Å². The van der Waals surface area contributed by atoms with Crippen LogP contribution in [0.15, 0.2) is 48.5 Å². The van der Waals surface area contributed by atoms with Gasteiger partial charge in [0.1, 0.15) is 12.4 Å². The molecule has 0 radical (unpaired) electrons. The Hall–Kier alpha value is -3.42. The number of carbonyl (C=O) groups is 1. The number of benzene rings is 2. The molecule has 2 aromatic carbocycles. The molecule has 0 bridgehead atoms. The third-order valence-corrected chi connectivity index (χ3v) is 4.99. The molecule has 1 aromatic heterocycles. The normalized spacial score (nSPS) is 13.5. The molecule has 1 aliphatic heterocycles. The van der Waals surface area contributed by atoms with Crippen molar-refractivity contribution in [3.8, 4) is 5.75 Å². The van der Waals surface area contributed by atoms with Crippen LogP contribution in [-0.2, 0) is 24.9 Å². The molecule has 150 valence electrons. The average Bonchev–Trinajstić information content (AvgIpc) is 3.40. The van der Waals surface area contributed by atoms with Crippen molar-refractivity contribution in [2.45, 2.75) is 25.9 Å². The number of amides is 1. The molecule has 0 atom stereocenters. The van der Waals surface area contributed by atoms with E-state index in [2.05, 4.69) is 37.9 Å². The summed E-state index contributed by atoms with van der Waals surface area (Å²) in [4.78, 5) is 14.7. The van der Waals surface area contributed by atoms with E-state index in [1.807, 2.05) is 36.4 Å². The molecule has 3 aromatic rings. The Morgan fingerprint density at radius 2 is 1.79 bits per heavy atom. The highest BCUT2D eigenvalue weighted by atomic mass is 16.5. The first kappa shape index (κ1) is 18.9. The second-order valence-electron chi connectivity index (χ2n) is 7.12. The maximum absolute atomic E-state index is 12.3. The summed E-state index contributed by atoms with van der Waals surface area (Å²) in [5, 5.41) is 14.2. The van der Waals surface area contributed by atoms with Crippen LogP contribution in [-0.4, -0.2) is 39.2 Å². The van der Waals surface area contributed by atoms with Crippen LogP contribution in [0.25, 0.3) is 0 Å². The number of rotatable bonds is 7. The van der Waals surface area contributed by atoms with Gasteiger partial charge in [0.15, 0.2) is 5.82 Å². The molecule has 1 aliphatic rings. The maximum Gasteiger partial charge on any atom is 0.228 e. The van der Waals surface area contributed by atoms with Crippen LogP contribution < -0.4 is 15.0 Å². The molecule has 1 amide bonds. The Morgan fingerprint density at radius 1 is 1.07 bits per heavy atom. The zero-order valence-corrected chi connectivity index (χ0v) is 16.4. The SMILES string of the molecule is Cn1nnnc1COc1ccc(CC(=O)Nc2ccc(N3CCCC3)cc2)cc1. The molecule has 0 aliphatic carbocycles. The molecule has 0 unspecified atom stereocenters. The smallest absolute Gasteiger partial charge is 0.228 e. The Bertz CT molecular complexity index is 946. The second-order valence-corrected chi connectivity index (χ2v) is 7.12. The van der Waals surface area contributed by atoms with E-state index in [0.29, 0.717) is 18.0 Å². The summed E-state index contributed by atoms with van der Waals surface area (Å²) in [6.07, 6.45) is 2.81. The Balaban J connectivity index is 1.27. The van der Waals surface area contributed by atoms with E-state index in [1.54, 1.807) is 11.7 Å². The van der Waals surface area contributed by atoms with Gasteiger partial charge in [0.2, 0.25) is 5.91 Å². The van der Waals surface area contributed by atoms with Crippen LogP contribution in [0.1, 0.15) is 24.2 Å². The van der Waals surface area contributed by atoms with E-state index in [0.717, 1.165) is 24.3 Å². The zero-order valence-electron chi connectivity index (χ0n) is 16.4. The molecule has 8 heteroatoms. The van der Waals surface area contributed by atoms with Crippen LogP contribution >= 0.6 is 0 Å². The largest absolute Gasteiger partial charge is 0.486 e. The predicted octanol–water partition coefficient (Wildman–Crippen LogP) is 2.57. The lowest BCUT2D eigenvalue weighted by molar-refractivity contribution is -0.115. The molecule has 8 nitrogen and oxygen atoms in total. The predicted molar refractivity (Wildman–Crippen MR) is 110 cm³/mol. The third kappa shape index (κ3) is 4.90. The van der Waals surface area contributed by atoms with Gasteiger partial charge in [0, 0.05) is 31.5 Å². The van der Waals surface area contributed by atoms with E-state index < -0.39 is 0 Å². The lowest BCUT2D eigenvalue weighted by atomic mass is 10.1. The molecule has 4 rings (SSSR count). The van der Waals surface area contributed by atoms with Crippen molar-refractivity contribution >= 4 is 17.3 Å². The summed E-state index contributed by atoms with van der Waals surface area (Å²) in [7, 11) is 1.76. The van der Waals surface area contributed by atoms with Crippen LogP contribution in [0.4, 0.5) is 11.4 Å². The van der Waals surface area contributed by atoms with Crippen molar-refractivity contribution in [1.82, 2.24) is 20.2 Å². The number of nitrogens with zero attached hydrogens (tertiary/aromatic N) is 5. The van der Waals surface area contributed by atoms with Gasteiger partial charge in [0.25, 0.3) is 0 Å². The number of ether oxygens (including phenoxy) is 1. The van der Waals surface area contributed by atoms with E-state index in [9.17, 15) is 4.79 Å². The molecule has 0 spiro atoms. The Kier molecular flexibility index (Phi) is 5.69. The number of hydrogen-bond acceptors (Lipinski definition) is 6. The summed E-state index contributed by atoms with van der Waals surface area (Å²) < 4.78 is 7.24. The van der Waals surface area contributed by atoms with Crippen molar-refractivity contribution in [2.75, 3.05) is 23.3 Å². The highest BCUT2D eigenvalue weighted by Gasteiger charge is 2.12. The van der Waals surface area contributed by atoms with Gasteiger partial charge < -0.3 is 15.0 Å². The Morgan fingerprint density at radius 3 is 2.45 bits per heavy atom. The van der Waals surface area contributed by atoms with Crippen molar-refractivity contribution in [1.29, 1.82) is 0 Å². The minimum Gasteiger partial charge on any atom is -0.486 e. The molecule has 1 fully saturated rings. The number of nitrogens with one attached hydrogen (secondary N) is 1. The molecule has 2 heterocycles. The van der Waals surface area contributed by atoms with E-state index >= 15 is 0 Å². The van der Waals surface area contributed by atoms with Gasteiger partial charge in [-0.1, -0.05) is 12.1 Å². The van der Waals surface area contributed by atoms with Crippen LogP contribution in [0.2, 0.25) is 0 Å². The van der Waals surface area contributed by atoms with Crippen LogP contribution in [0.5, 0.6) is 5.75 Å². The van der Waals surface area contributed by atoms with E-state index in [4.69, 9.17) is 4.74 Å². The topological polar surface area (TPSA) is 85.2 Å². The summed E-state index contributed by atoms with van der Waals surface area (Å²) in [5.41, 5.74) is 2.95. The van der Waals surface area contributed by atoms with Crippen molar-refractivity contribution < 1.29 is 9.53 Å². The van der Waals surface area contributed by atoms with E-state index in [1.165, 1.54) is 18.5 Å². The summed E-state index contributed by atoms with van der Waals surface area (Å²) in [6, 6.07) is 15.5. The summed E-state index contributed by atoms with van der Waals surface area (Å²) >= 11 is 0. The summed E-state index contributed by atoms with van der Waals surface area (Å²) in [6.45, 7) is 2.51. The lowest BCUT2D eigenvalue weighted by Gasteiger charge is -2.17. The Labute approximate surface area is 169 Å². The number of hydrogen-bond donors (Lipinski definition) is 1. The minimum atomic E-state index is -0.0438. The first-order valence-corrected chi connectivity index (χ1v) is 9.75. The molecule has 1 saturated heterocycles. The first-order chi connectivity index (χ1) is 14.2. The summed E-state index contributed by atoms with van der Waals surface area (Å²) in [5.74, 6) is 1.30. The number of anilines is 2. The maximum atomic E-state index is 12.3. The monoisotopic (exact) mass is 392 g/mol. The zero-order chi connectivity index (χ0) is 20.1. The standard InChI is InChI=1S/C21H24N6O2/c1-26-20(23-24-25-26)15-29-19-10-4-16(5-11-19)14-21(28)22-17-6-8-18(9-7-17)27-12-2-3-13-27/h4-11H,2-3,12-15H2,1H3,(H,22,28). The number of aromatic nitrogens is 4. The number of tetrazole rings is 1. The van der Waals surface area contributed by atoms with Gasteiger partial charge in [-0.15, -0.1) is 5.10 Å². The van der Waals surface area contributed by atoms with E-state index in [-0.39, 0.29) is 12.5 Å². The molecule has 0 saturated carbocycles. The first-order valence-electron chi connectivity index (χ1n) is 9.75. The molecule has 29 heavy (non-hydrogen) atoms. The average molecular weight is 392 g/mol. The van der Waals surface area contributed by atoms with Crippen LogP contribution in [0, 0.1) is 0 Å². The minimum absolute atomic E-state index is 0.0438. The molecular weight excluding hydrogens is 368 g/mol. The van der Waals surface area contributed by atoms with Crippen LogP contribution in [0.3, 0.4) is 0 Å². The fourth-order valence-electron chi connectivity index (χ4n) is 3.34. The van der Waals surface area contributed by atoms with Gasteiger partial charge in [0.05, 0.1) is 6.42 Å². The van der Waals surface area contributed by atoms with Crippen molar-refractivity contribution in [3.63, 3.8) is 0 Å². The van der Waals surface area contributed by atoms with Gasteiger partial charge in [-0.2, -0.15) is 0 Å². The van der Waals surface area contributed by atoms with Gasteiger partial charge in [-0.3, -0.25) is 4.79 Å². The molecule has 1 N–H and O–H groups in total. The highest BCUT2D eigenvalue weighted by Crippen LogP contribution is 2.22.